The Morgan fingerprint density at radius 1 is 1.05 bits per heavy atom. The van der Waals surface area contributed by atoms with Crippen molar-refractivity contribution >= 4 is 11.6 Å². The third-order valence-electron chi connectivity index (χ3n) is 3.67. The van der Waals surface area contributed by atoms with Gasteiger partial charge in [-0.2, -0.15) is 0 Å². The molecule has 0 saturated heterocycles. The van der Waals surface area contributed by atoms with Gasteiger partial charge in [-0.15, -0.1) is 0 Å². The Balaban J connectivity index is 1.63. The minimum absolute atomic E-state index is 0.128. The Labute approximate surface area is 113 Å². The van der Waals surface area contributed by atoms with E-state index >= 15 is 0 Å². The Hall–Kier alpha value is -2.09. The van der Waals surface area contributed by atoms with Gasteiger partial charge in [0.15, 0.2) is 0 Å². The van der Waals surface area contributed by atoms with Crippen molar-refractivity contribution in [3.63, 3.8) is 0 Å². The van der Waals surface area contributed by atoms with Crippen molar-refractivity contribution in [3.8, 4) is 0 Å². The molecule has 2 aromatic carbocycles. The van der Waals surface area contributed by atoms with Crippen LogP contribution in [0, 0.1) is 12.8 Å². The zero-order chi connectivity index (χ0) is 13.2. The van der Waals surface area contributed by atoms with Crippen LogP contribution < -0.4 is 5.32 Å². The number of anilines is 1. The van der Waals surface area contributed by atoms with Gasteiger partial charge in [0.1, 0.15) is 0 Å². The fourth-order valence-corrected chi connectivity index (χ4v) is 2.43. The summed E-state index contributed by atoms with van der Waals surface area (Å²) in [5, 5.41) is 2.99. The van der Waals surface area contributed by atoms with Crippen LogP contribution in [0.4, 0.5) is 5.69 Å². The van der Waals surface area contributed by atoms with Gasteiger partial charge in [-0.1, -0.05) is 48.0 Å². The van der Waals surface area contributed by atoms with E-state index in [-0.39, 0.29) is 11.8 Å². The topological polar surface area (TPSA) is 29.1 Å². The molecule has 0 aromatic heterocycles. The van der Waals surface area contributed by atoms with E-state index in [0.717, 1.165) is 12.1 Å². The summed E-state index contributed by atoms with van der Waals surface area (Å²) in [7, 11) is 0. The third-order valence-corrected chi connectivity index (χ3v) is 3.67. The van der Waals surface area contributed by atoms with Crippen molar-refractivity contribution in [2.75, 3.05) is 5.32 Å². The van der Waals surface area contributed by atoms with E-state index < -0.39 is 0 Å². The second-order valence-electron chi connectivity index (χ2n) is 5.21. The summed E-state index contributed by atoms with van der Waals surface area (Å²) in [5.41, 5.74) is 3.35. The number of nitrogens with one attached hydrogen (secondary N) is 1. The lowest BCUT2D eigenvalue weighted by molar-refractivity contribution is -0.117. The summed E-state index contributed by atoms with van der Waals surface area (Å²) in [6.07, 6.45) is 0.960. The number of benzene rings is 2. The van der Waals surface area contributed by atoms with E-state index in [1.54, 1.807) is 0 Å². The molecule has 0 heterocycles. The number of carbonyl (C=O) groups is 1. The predicted molar refractivity (Wildman–Crippen MR) is 77.1 cm³/mol. The summed E-state index contributed by atoms with van der Waals surface area (Å²) >= 11 is 0. The van der Waals surface area contributed by atoms with Crippen molar-refractivity contribution in [2.45, 2.75) is 19.3 Å². The molecule has 2 atom stereocenters. The van der Waals surface area contributed by atoms with Crippen molar-refractivity contribution in [1.29, 1.82) is 0 Å². The highest BCUT2D eigenvalue weighted by atomic mass is 16.2. The summed E-state index contributed by atoms with van der Waals surface area (Å²) in [4.78, 5) is 12.1. The highest BCUT2D eigenvalue weighted by molar-refractivity contribution is 5.95. The molecule has 1 saturated carbocycles. The van der Waals surface area contributed by atoms with Crippen LogP contribution in [0.15, 0.2) is 54.6 Å². The summed E-state index contributed by atoms with van der Waals surface area (Å²) in [5.74, 6) is 0.660. The second-order valence-corrected chi connectivity index (χ2v) is 5.21. The fraction of sp³-hybridized carbons (Fsp3) is 0.235. The largest absolute Gasteiger partial charge is 0.326 e. The van der Waals surface area contributed by atoms with E-state index in [0.29, 0.717) is 5.92 Å². The minimum atomic E-state index is 0.128. The van der Waals surface area contributed by atoms with Crippen LogP contribution in [0.5, 0.6) is 0 Å². The van der Waals surface area contributed by atoms with Crippen LogP contribution in [-0.2, 0) is 4.79 Å². The van der Waals surface area contributed by atoms with Gasteiger partial charge in [0, 0.05) is 11.6 Å². The predicted octanol–water partition coefficient (Wildman–Crippen LogP) is 3.74. The maximum Gasteiger partial charge on any atom is 0.228 e. The molecule has 3 rings (SSSR count). The molecule has 0 radical (unpaired) electrons. The van der Waals surface area contributed by atoms with Crippen LogP contribution in [0.25, 0.3) is 0 Å². The van der Waals surface area contributed by atoms with Gasteiger partial charge in [-0.05, 0) is 37.0 Å². The molecule has 2 nitrogen and oxygen atoms in total. The first kappa shape index (κ1) is 12.0. The average molecular weight is 251 g/mol. The van der Waals surface area contributed by atoms with Crippen LogP contribution in [0.2, 0.25) is 0 Å². The first-order valence-electron chi connectivity index (χ1n) is 6.66. The molecule has 1 N–H and O–H groups in total. The van der Waals surface area contributed by atoms with Crippen molar-refractivity contribution in [1.82, 2.24) is 0 Å². The summed E-state index contributed by atoms with van der Waals surface area (Å²) in [6.45, 7) is 2.04. The summed E-state index contributed by atoms with van der Waals surface area (Å²) in [6, 6.07) is 18.2. The lowest BCUT2D eigenvalue weighted by atomic mass is 10.1. The molecular weight excluding hydrogens is 234 g/mol. The summed E-state index contributed by atoms with van der Waals surface area (Å²) < 4.78 is 0. The molecule has 1 aliphatic carbocycles. The molecule has 19 heavy (non-hydrogen) atoms. The Morgan fingerprint density at radius 2 is 1.74 bits per heavy atom. The zero-order valence-electron chi connectivity index (χ0n) is 11.0. The molecule has 1 fully saturated rings. The van der Waals surface area contributed by atoms with Gasteiger partial charge in [-0.25, -0.2) is 0 Å². The van der Waals surface area contributed by atoms with Crippen LogP contribution >= 0.6 is 0 Å². The number of hydrogen-bond acceptors (Lipinski definition) is 1. The first-order chi connectivity index (χ1) is 9.24. The normalized spacial score (nSPS) is 20.9. The van der Waals surface area contributed by atoms with Gasteiger partial charge in [0.2, 0.25) is 5.91 Å². The lowest BCUT2D eigenvalue weighted by Gasteiger charge is -2.05. The quantitative estimate of drug-likeness (QED) is 0.884. The first-order valence-corrected chi connectivity index (χ1v) is 6.66. The van der Waals surface area contributed by atoms with E-state index in [1.807, 2.05) is 49.4 Å². The monoisotopic (exact) mass is 251 g/mol. The molecular formula is C17H17NO. The minimum Gasteiger partial charge on any atom is -0.326 e. The number of carbonyl (C=O) groups excluding carboxylic acids is 1. The number of rotatable bonds is 3. The van der Waals surface area contributed by atoms with Crippen molar-refractivity contribution in [2.24, 2.45) is 5.92 Å². The smallest absolute Gasteiger partial charge is 0.228 e. The molecule has 96 valence electrons. The standard InChI is InChI=1S/C17H17NO/c1-12-7-9-14(10-8-12)18-17(19)16-11-15(16)13-5-3-2-4-6-13/h2-10,15-16H,11H2,1H3,(H,18,19)/t15-,16-/m1/s1. The molecule has 2 heteroatoms. The van der Waals surface area contributed by atoms with Gasteiger partial charge in [-0.3, -0.25) is 4.79 Å². The number of hydrogen-bond donors (Lipinski definition) is 1. The molecule has 0 spiro atoms. The van der Waals surface area contributed by atoms with Gasteiger partial charge >= 0.3 is 0 Å². The third kappa shape index (κ3) is 2.68. The van der Waals surface area contributed by atoms with Gasteiger partial charge in [0.25, 0.3) is 0 Å². The molecule has 1 amide bonds. The molecule has 2 aromatic rings. The fourth-order valence-electron chi connectivity index (χ4n) is 2.43. The molecule has 0 unspecified atom stereocenters. The highest BCUT2D eigenvalue weighted by Gasteiger charge is 2.43. The second kappa shape index (κ2) is 4.88. The molecule has 0 aliphatic heterocycles. The number of amides is 1. The molecule has 0 bridgehead atoms. The van der Waals surface area contributed by atoms with Crippen molar-refractivity contribution in [3.05, 3.63) is 65.7 Å². The van der Waals surface area contributed by atoms with Gasteiger partial charge < -0.3 is 5.32 Å². The highest BCUT2D eigenvalue weighted by Crippen LogP contribution is 2.47. The van der Waals surface area contributed by atoms with Crippen molar-refractivity contribution < 1.29 is 4.79 Å². The Bertz CT molecular complexity index is 574. The maximum atomic E-state index is 12.1. The Morgan fingerprint density at radius 3 is 2.42 bits per heavy atom. The van der Waals surface area contributed by atoms with E-state index in [2.05, 4.69) is 17.4 Å². The average Bonchev–Trinajstić information content (AvgIpc) is 3.23. The van der Waals surface area contributed by atoms with Gasteiger partial charge in [0.05, 0.1) is 0 Å². The lowest BCUT2D eigenvalue weighted by Crippen LogP contribution is -2.14. The van der Waals surface area contributed by atoms with Crippen LogP contribution in [0.3, 0.4) is 0 Å². The van der Waals surface area contributed by atoms with E-state index in [4.69, 9.17) is 0 Å². The van der Waals surface area contributed by atoms with E-state index in [9.17, 15) is 4.79 Å². The number of aryl methyl sites for hydroxylation is 1. The van der Waals surface area contributed by atoms with E-state index in [1.165, 1.54) is 11.1 Å². The SMILES string of the molecule is Cc1ccc(NC(=O)[C@@H]2C[C@@H]2c2ccccc2)cc1. The Kier molecular flexibility index (Phi) is 3.08. The maximum absolute atomic E-state index is 12.1. The molecule has 1 aliphatic rings. The van der Waals surface area contributed by atoms with Crippen LogP contribution in [-0.4, -0.2) is 5.91 Å². The zero-order valence-corrected chi connectivity index (χ0v) is 11.0. The van der Waals surface area contributed by atoms with Crippen LogP contribution in [0.1, 0.15) is 23.5 Å².